The van der Waals surface area contributed by atoms with Gasteiger partial charge in [0.2, 0.25) is 0 Å². The number of hydrogen-bond acceptors (Lipinski definition) is 2. The molecule has 0 aromatic carbocycles. The zero-order valence-corrected chi connectivity index (χ0v) is 10.0. The lowest BCUT2D eigenvalue weighted by molar-refractivity contribution is 0.347. The Morgan fingerprint density at radius 2 is 2.00 bits per heavy atom. The van der Waals surface area contributed by atoms with Gasteiger partial charge in [0.25, 0.3) is 0 Å². The highest BCUT2D eigenvalue weighted by Crippen LogP contribution is 2.16. The van der Waals surface area contributed by atoms with Gasteiger partial charge in [-0.3, -0.25) is 4.98 Å². The molecule has 0 saturated heterocycles. The normalized spacial score (nSPS) is 13.1. The molecule has 1 atom stereocenters. The fourth-order valence-electron chi connectivity index (χ4n) is 2.11. The highest BCUT2D eigenvalue weighted by Gasteiger charge is 2.17. The second-order valence-electron chi connectivity index (χ2n) is 4.00. The van der Waals surface area contributed by atoms with Gasteiger partial charge in [-0.05, 0) is 25.1 Å². The van der Waals surface area contributed by atoms with E-state index >= 15 is 0 Å². The summed E-state index contributed by atoms with van der Waals surface area (Å²) in [6, 6.07) is 6.68. The minimum Gasteiger partial charge on any atom is -0.316 e. The van der Waals surface area contributed by atoms with Gasteiger partial charge in [0.15, 0.2) is 0 Å². The molecule has 0 aliphatic rings. The van der Waals surface area contributed by atoms with Crippen molar-refractivity contribution in [3.63, 3.8) is 0 Å². The molecule has 0 aliphatic carbocycles. The van der Waals surface area contributed by atoms with Gasteiger partial charge in [0, 0.05) is 24.4 Å². The van der Waals surface area contributed by atoms with Gasteiger partial charge in [0.1, 0.15) is 0 Å². The van der Waals surface area contributed by atoms with E-state index in [0.717, 1.165) is 12.3 Å². The third-order valence-corrected chi connectivity index (χ3v) is 3.14. The van der Waals surface area contributed by atoms with Crippen molar-refractivity contribution < 1.29 is 0 Å². The van der Waals surface area contributed by atoms with Crippen LogP contribution in [0.1, 0.15) is 32.4 Å². The Morgan fingerprint density at radius 1 is 1.27 bits per heavy atom. The van der Waals surface area contributed by atoms with Crippen LogP contribution in [0, 0.1) is 5.92 Å². The summed E-state index contributed by atoms with van der Waals surface area (Å²) in [5.74, 6) is 0.747. The highest BCUT2D eigenvalue weighted by atomic mass is 14.9. The van der Waals surface area contributed by atoms with Crippen LogP contribution in [0.25, 0.3) is 0 Å². The molecular weight excluding hydrogens is 184 g/mol. The first-order chi connectivity index (χ1) is 7.31. The zero-order chi connectivity index (χ0) is 11.1. The van der Waals surface area contributed by atoms with E-state index < -0.39 is 0 Å². The van der Waals surface area contributed by atoms with Crippen molar-refractivity contribution in [2.45, 2.75) is 39.2 Å². The van der Waals surface area contributed by atoms with Gasteiger partial charge < -0.3 is 5.32 Å². The van der Waals surface area contributed by atoms with Crippen molar-refractivity contribution in [3.05, 3.63) is 30.1 Å². The van der Waals surface area contributed by atoms with Crippen molar-refractivity contribution in [2.75, 3.05) is 7.05 Å². The van der Waals surface area contributed by atoms with E-state index in [-0.39, 0.29) is 0 Å². The summed E-state index contributed by atoms with van der Waals surface area (Å²) in [6.07, 6.45) is 5.36. The number of pyridine rings is 1. The van der Waals surface area contributed by atoms with Crippen LogP contribution >= 0.6 is 0 Å². The molecule has 1 aromatic rings. The summed E-state index contributed by atoms with van der Waals surface area (Å²) in [4.78, 5) is 4.38. The van der Waals surface area contributed by atoms with E-state index in [4.69, 9.17) is 0 Å². The van der Waals surface area contributed by atoms with E-state index in [0.29, 0.717) is 6.04 Å². The van der Waals surface area contributed by atoms with Crippen LogP contribution in [0.3, 0.4) is 0 Å². The van der Waals surface area contributed by atoms with Crippen molar-refractivity contribution >= 4 is 0 Å². The van der Waals surface area contributed by atoms with Gasteiger partial charge in [-0.2, -0.15) is 0 Å². The monoisotopic (exact) mass is 206 g/mol. The summed E-state index contributed by atoms with van der Waals surface area (Å²) in [6.45, 7) is 4.52. The number of rotatable bonds is 6. The molecular formula is C13H22N2. The number of likely N-dealkylation sites (N-methyl/N-ethyl adjacent to an activating group) is 1. The Morgan fingerprint density at radius 3 is 2.47 bits per heavy atom. The second-order valence-corrected chi connectivity index (χ2v) is 4.00. The van der Waals surface area contributed by atoms with Crippen LogP contribution in [0.2, 0.25) is 0 Å². The predicted molar refractivity (Wildman–Crippen MR) is 64.9 cm³/mol. The van der Waals surface area contributed by atoms with Crippen LogP contribution in [0.4, 0.5) is 0 Å². The van der Waals surface area contributed by atoms with Crippen LogP contribution < -0.4 is 5.32 Å². The molecule has 15 heavy (non-hydrogen) atoms. The smallest absolute Gasteiger partial charge is 0.0419 e. The van der Waals surface area contributed by atoms with Crippen molar-refractivity contribution in [1.82, 2.24) is 10.3 Å². The molecule has 1 unspecified atom stereocenters. The maximum absolute atomic E-state index is 4.38. The molecule has 2 nitrogen and oxygen atoms in total. The Hall–Kier alpha value is -0.890. The van der Waals surface area contributed by atoms with Crippen LogP contribution in [-0.4, -0.2) is 18.1 Å². The van der Waals surface area contributed by atoms with Crippen molar-refractivity contribution in [1.29, 1.82) is 0 Å². The number of hydrogen-bond donors (Lipinski definition) is 1. The van der Waals surface area contributed by atoms with Gasteiger partial charge in [-0.25, -0.2) is 0 Å². The first kappa shape index (κ1) is 12.2. The average molecular weight is 206 g/mol. The molecule has 0 amide bonds. The third kappa shape index (κ3) is 3.63. The van der Waals surface area contributed by atoms with Crippen LogP contribution in [-0.2, 0) is 6.42 Å². The summed E-state index contributed by atoms with van der Waals surface area (Å²) < 4.78 is 0. The largest absolute Gasteiger partial charge is 0.316 e. The predicted octanol–water partition coefficient (Wildman–Crippen LogP) is 2.65. The lowest BCUT2D eigenvalue weighted by Gasteiger charge is -2.24. The molecule has 0 fully saturated rings. The topological polar surface area (TPSA) is 24.9 Å². The summed E-state index contributed by atoms with van der Waals surface area (Å²) in [5.41, 5.74) is 1.18. The lowest BCUT2D eigenvalue weighted by Crippen LogP contribution is -2.35. The molecule has 2 heteroatoms. The van der Waals surface area contributed by atoms with Gasteiger partial charge in [-0.15, -0.1) is 0 Å². The van der Waals surface area contributed by atoms with E-state index in [1.54, 1.807) is 0 Å². The van der Waals surface area contributed by atoms with E-state index in [1.165, 1.54) is 18.5 Å². The number of nitrogens with zero attached hydrogens (tertiary/aromatic N) is 1. The first-order valence-electron chi connectivity index (χ1n) is 5.89. The molecule has 84 valence electrons. The van der Waals surface area contributed by atoms with Gasteiger partial charge >= 0.3 is 0 Å². The summed E-state index contributed by atoms with van der Waals surface area (Å²) in [7, 11) is 2.05. The van der Waals surface area contributed by atoms with Crippen LogP contribution in [0.5, 0.6) is 0 Å². The quantitative estimate of drug-likeness (QED) is 0.774. The Kier molecular flexibility index (Phi) is 5.33. The van der Waals surface area contributed by atoms with Crippen molar-refractivity contribution in [2.24, 2.45) is 5.92 Å². The lowest BCUT2D eigenvalue weighted by atomic mass is 9.91. The fraction of sp³-hybridized carbons (Fsp3) is 0.615. The molecule has 0 bridgehead atoms. The molecule has 1 heterocycles. The van der Waals surface area contributed by atoms with E-state index in [2.05, 4.69) is 36.3 Å². The minimum atomic E-state index is 0.551. The summed E-state index contributed by atoms with van der Waals surface area (Å²) in [5, 5.41) is 3.41. The number of nitrogens with one attached hydrogen (secondary N) is 1. The molecule has 0 spiro atoms. The first-order valence-corrected chi connectivity index (χ1v) is 5.89. The van der Waals surface area contributed by atoms with Crippen LogP contribution in [0.15, 0.2) is 24.4 Å². The zero-order valence-electron chi connectivity index (χ0n) is 10.0. The second kappa shape index (κ2) is 6.57. The molecule has 0 aliphatic heterocycles. The minimum absolute atomic E-state index is 0.551. The maximum Gasteiger partial charge on any atom is 0.0419 e. The summed E-state index contributed by atoms with van der Waals surface area (Å²) >= 11 is 0. The standard InChI is InChI=1S/C13H22N2/c1-4-11(5-2)13(14-3)10-12-8-6-7-9-15-12/h6-9,11,13-14H,4-5,10H2,1-3H3. The van der Waals surface area contributed by atoms with E-state index in [9.17, 15) is 0 Å². The van der Waals surface area contributed by atoms with Crippen molar-refractivity contribution in [3.8, 4) is 0 Å². The third-order valence-electron chi connectivity index (χ3n) is 3.14. The van der Waals surface area contributed by atoms with Gasteiger partial charge in [0.05, 0.1) is 0 Å². The molecule has 1 aromatic heterocycles. The van der Waals surface area contributed by atoms with E-state index in [1.807, 2.05) is 19.3 Å². The molecule has 1 N–H and O–H groups in total. The molecule has 1 rings (SSSR count). The van der Waals surface area contributed by atoms with Gasteiger partial charge in [-0.1, -0.05) is 32.8 Å². The Balaban J connectivity index is 2.61. The highest BCUT2D eigenvalue weighted by molar-refractivity contribution is 5.05. The molecule has 0 saturated carbocycles. The Labute approximate surface area is 93.1 Å². The number of aromatic nitrogens is 1. The average Bonchev–Trinajstić information content (AvgIpc) is 2.30. The molecule has 0 radical (unpaired) electrons. The Bertz CT molecular complexity index is 254. The SMILES string of the molecule is CCC(CC)C(Cc1ccccn1)NC. The maximum atomic E-state index is 4.38. The fourth-order valence-corrected chi connectivity index (χ4v) is 2.11.